The molecule has 2 saturated heterocycles. The lowest BCUT2D eigenvalue weighted by Crippen LogP contribution is -2.57. The number of methoxy groups -OCH3 is 1. The molecule has 1 aliphatic carbocycles. The molecule has 2 N–H and O–H groups in total. The van der Waals surface area contributed by atoms with Crippen LogP contribution in [0.5, 0.6) is 0 Å². The van der Waals surface area contributed by atoms with E-state index >= 15 is 0 Å². The molecule has 176 valence electrons. The fraction of sp³-hybridized carbons (Fsp3) is 0.905. The smallest absolute Gasteiger partial charge is 0.234 e. The summed E-state index contributed by atoms with van der Waals surface area (Å²) in [6.07, 6.45) is 6.37. The number of nitrogens with one attached hydrogen (secondary N) is 2. The number of piperazine rings is 1. The number of nitrogens with zero attached hydrogens (tertiary/aromatic N) is 2. The molecule has 30 heavy (non-hydrogen) atoms. The molecular weight excluding hydrogens is 427 g/mol. The molecule has 2 heterocycles. The topological polar surface area (TPSA) is 73.9 Å². The molecule has 0 bridgehead atoms. The van der Waals surface area contributed by atoms with Gasteiger partial charge in [-0.2, -0.15) is 0 Å². The molecule has 0 radical (unpaired) electrons. The molecule has 7 nitrogen and oxygen atoms in total. The Morgan fingerprint density at radius 1 is 1.10 bits per heavy atom. The van der Waals surface area contributed by atoms with E-state index in [1.54, 1.807) is 7.11 Å². The highest BCUT2D eigenvalue weighted by Gasteiger charge is 2.42. The van der Waals surface area contributed by atoms with E-state index in [9.17, 15) is 9.59 Å². The van der Waals surface area contributed by atoms with Crippen molar-refractivity contribution in [2.45, 2.75) is 51.5 Å². The third-order valence-corrected chi connectivity index (χ3v) is 6.76. The van der Waals surface area contributed by atoms with Gasteiger partial charge in [0.25, 0.3) is 0 Å². The summed E-state index contributed by atoms with van der Waals surface area (Å²) in [6, 6.07) is 0.341. The van der Waals surface area contributed by atoms with Crippen LogP contribution in [-0.4, -0.2) is 87.2 Å². The van der Waals surface area contributed by atoms with E-state index in [2.05, 4.69) is 22.5 Å². The van der Waals surface area contributed by atoms with Crippen molar-refractivity contribution in [3.8, 4) is 0 Å². The van der Waals surface area contributed by atoms with Gasteiger partial charge in [-0.25, -0.2) is 0 Å². The summed E-state index contributed by atoms with van der Waals surface area (Å²) in [7, 11) is 1.68. The van der Waals surface area contributed by atoms with Gasteiger partial charge in [0.15, 0.2) is 0 Å². The van der Waals surface area contributed by atoms with Crippen molar-refractivity contribution in [2.75, 3.05) is 59.5 Å². The van der Waals surface area contributed by atoms with Gasteiger partial charge in [-0.3, -0.25) is 14.5 Å². The summed E-state index contributed by atoms with van der Waals surface area (Å²) in [5, 5.41) is 6.56. The Morgan fingerprint density at radius 2 is 1.77 bits per heavy atom. The van der Waals surface area contributed by atoms with Crippen LogP contribution in [0.4, 0.5) is 0 Å². The van der Waals surface area contributed by atoms with Gasteiger partial charge in [-0.05, 0) is 44.7 Å². The lowest BCUT2D eigenvalue weighted by atomic mass is 9.78. The molecule has 0 aromatic carbocycles. The van der Waals surface area contributed by atoms with Gasteiger partial charge in [-0.1, -0.05) is 19.8 Å². The molecule has 3 fully saturated rings. The number of carbonyl (C=O) groups is 2. The first kappa shape index (κ1) is 27.4. The molecule has 2 atom stereocenters. The quantitative estimate of drug-likeness (QED) is 0.622. The highest BCUT2D eigenvalue weighted by atomic mass is 35.5. The van der Waals surface area contributed by atoms with E-state index in [1.807, 2.05) is 4.90 Å². The highest BCUT2D eigenvalue weighted by molar-refractivity contribution is 5.85. The van der Waals surface area contributed by atoms with Crippen molar-refractivity contribution < 1.29 is 14.3 Å². The van der Waals surface area contributed by atoms with Crippen LogP contribution in [0.1, 0.15) is 45.4 Å². The van der Waals surface area contributed by atoms with Crippen LogP contribution in [0, 0.1) is 11.3 Å². The van der Waals surface area contributed by atoms with Gasteiger partial charge >= 0.3 is 0 Å². The Balaban J connectivity index is 0.00000225. The number of carbonyl (C=O) groups excluding carboxylic acids is 2. The van der Waals surface area contributed by atoms with Crippen LogP contribution in [-0.2, 0) is 14.3 Å². The Bertz CT molecular complexity index is 533. The van der Waals surface area contributed by atoms with Crippen LogP contribution in [0.3, 0.4) is 0 Å². The highest BCUT2D eigenvalue weighted by Crippen LogP contribution is 2.32. The Kier molecular flexibility index (Phi) is 11.9. The predicted octanol–water partition coefficient (Wildman–Crippen LogP) is 1.69. The second kappa shape index (κ2) is 13.1. The number of hydrogen-bond donors (Lipinski definition) is 2. The van der Waals surface area contributed by atoms with Gasteiger partial charge in [0.1, 0.15) is 0 Å². The summed E-state index contributed by atoms with van der Waals surface area (Å²) in [5.74, 6) is 1.08. The van der Waals surface area contributed by atoms with Crippen LogP contribution in [0.2, 0.25) is 0 Å². The number of halogens is 2. The lowest BCUT2D eigenvalue weighted by molar-refractivity contribution is -0.149. The van der Waals surface area contributed by atoms with Crippen molar-refractivity contribution in [3.63, 3.8) is 0 Å². The third kappa shape index (κ3) is 7.23. The van der Waals surface area contributed by atoms with Crippen molar-refractivity contribution in [1.82, 2.24) is 20.4 Å². The van der Waals surface area contributed by atoms with Gasteiger partial charge in [0.2, 0.25) is 11.8 Å². The first-order chi connectivity index (χ1) is 13.5. The molecule has 0 spiro atoms. The van der Waals surface area contributed by atoms with Crippen LogP contribution >= 0.6 is 24.8 Å². The molecule has 2 aliphatic heterocycles. The largest absolute Gasteiger partial charge is 0.384 e. The second-order valence-corrected chi connectivity index (χ2v) is 9.07. The fourth-order valence-electron chi connectivity index (χ4n) is 5.09. The maximum Gasteiger partial charge on any atom is 0.234 e. The molecule has 2 unspecified atom stereocenters. The molecule has 3 rings (SSSR count). The Labute approximate surface area is 193 Å². The van der Waals surface area contributed by atoms with Gasteiger partial charge in [-0.15, -0.1) is 24.8 Å². The minimum absolute atomic E-state index is 0. The van der Waals surface area contributed by atoms with E-state index in [-0.39, 0.29) is 42.0 Å². The average molecular weight is 467 g/mol. The van der Waals surface area contributed by atoms with E-state index in [0.29, 0.717) is 38.2 Å². The van der Waals surface area contributed by atoms with Crippen LogP contribution in [0.25, 0.3) is 0 Å². The number of rotatable bonds is 6. The predicted molar refractivity (Wildman–Crippen MR) is 123 cm³/mol. The van der Waals surface area contributed by atoms with Crippen LogP contribution < -0.4 is 10.6 Å². The minimum Gasteiger partial charge on any atom is -0.384 e. The minimum atomic E-state index is -0.378. The maximum absolute atomic E-state index is 13.2. The fourth-order valence-corrected chi connectivity index (χ4v) is 5.09. The summed E-state index contributed by atoms with van der Waals surface area (Å²) in [6.45, 7) is 7.88. The molecular formula is C21H40Cl2N4O3. The molecule has 2 amide bonds. The Morgan fingerprint density at radius 3 is 2.37 bits per heavy atom. The summed E-state index contributed by atoms with van der Waals surface area (Å²) >= 11 is 0. The first-order valence-corrected chi connectivity index (χ1v) is 11.0. The molecule has 9 heteroatoms. The van der Waals surface area contributed by atoms with Gasteiger partial charge in [0, 0.05) is 39.3 Å². The first-order valence-electron chi connectivity index (χ1n) is 11.0. The normalized spacial score (nSPS) is 26.8. The molecule has 3 aliphatic rings. The maximum atomic E-state index is 13.2. The number of piperidine rings is 1. The van der Waals surface area contributed by atoms with Crippen molar-refractivity contribution in [2.24, 2.45) is 11.3 Å². The summed E-state index contributed by atoms with van der Waals surface area (Å²) in [5.41, 5.74) is -0.378. The third-order valence-electron chi connectivity index (χ3n) is 6.76. The van der Waals surface area contributed by atoms with E-state index in [0.717, 1.165) is 51.9 Å². The van der Waals surface area contributed by atoms with E-state index in [4.69, 9.17) is 4.74 Å². The molecule has 0 aromatic rings. The van der Waals surface area contributed by atoms with E-state index in [1.165, 1.54) is 12.8 Å². The SMILES string of the molecule is COCC1(C(=O)N2CCN(CC(=O)NC3CCCC(C)C3)CC2)CCNCC1.Cl.Cl. The monoisotopic (exact) mass is 466 g/mol. The zero-order chi connectivity index (χ0) is 20.0. The number of ether oxygens (including phenoxy) is 1. The second-order valence-electron chi connectivity index (χ2n) is 9.07. The van der Waals surface area contributed by atoms with E-state index < -0.39 is 0 Å². The lowest BCUT2D eigenvalue weighted by Gasteiger charge is -2.42. The zero-order valence-electron chi connectivity index (χ0n) is 18.5. The van der Waals surface area contributed by atoms with Crippen molar-refractivity contribution in [3.05, 3.63) is 0 Å². The number of hydrogen-bond acceptors (Lipinski definition) is 5. The van der Waals surface area contributed by atoms with Gasteiger partial charge < -0.3 is 20.3 Å². The zero-order valence-corrected chi connectivity index (χ0v) is 20.1. The van der Waals surface area contributed by atoms with Crippen LogP contribution in [0.15, 0.2) is 0 Å². The van der Waals surface area contributed by atoms with Crippen molar-refractivity contribution in [1.29, 1.82) is 0 Å². The van der Waals surface area contributed by atoms with Crippen molar-refractivity contribution >= 4 is 36.6 Å². The average Bonchev–Trinajstić information content (AvgIpc) is 2.69. The number of amides is 2. The summed E-state index contributed by atoms with van der Waals surface area (Å²) in [4.78, 5) is 29.8. The summed E-state index contributed by atoms with van der Waals surface area (Å²) < 4.78 is 5.41. The Hall–Kier alpha value is -0.600. The van der Waals surface area contributed by atoms with Gasteiger partial charge in [0.05, 0.1) is 18.6 Å². The molecule has 0 aromatic heterocycles. The molecule has 1 saturated carbocycles. The standard InChI is InChI=1S/C21H38N4O3.2ClH/c1-17-4-3-5-18(14-17)23-19(26)15-24-10-12-25(13-11-24)20(27)21(16-28-2)6-8-22-9-7-21;;/h17-18,22H,3-16H2,1-2H3,(H,23,26);2*1H.